The molecule has 2 N–H and O–H groups in total. The Morgan fingerprint density at radius 2 is 2.29 bits per heavy atom. The highest BCUT2D eigenvalue weighted by atomic mass is 35.5. The van der Waals surface area contributed by atoms with E-state index in [4.69, 9.17) is 22.0 Å². The standard InChI is InChI=1S/C12H10ClN3O/c13-9-1-2-11-10(5-9)12(15-3-4-17)8(6-14)7-16-11/h1-2,5,7,17H,3-4H2,(H,15,16). The summed E-state index contributed by atoms with van der Waals surface area (Å²) in [7, 11) is 0. The summed E-state index contributed by atoms with van der Waals surface area (Å²) in [5, 5.41) is 22.2. The van der Waals surface area contributed by atoms with Gasteiger partial charge in [0.25, 0.3) is 0 Å². The Kier molecular flexibility index (Phi) is 3.43. The fourth-order valence-corrected chi connectivity index (χ4v) is 1.79. The molecule has 1 aromatic heterocycles. The van der Waals surface area contributed by atoms with Crippen molar-refractivity contribution in [1.29, 1.82) is 5.26 Å². The molecule has 0 amide bonds. The molecular formula is C12H10ClN3O. The first-order valence-corrected chi connectivity index (χ1v) is 5.47. The molecule has 2 rings (SSSR count). The number of pyridine rings is 1. The Balaban J connectivity index is 2.64. The molecule has 0 atom stereocenters. The van der Waals surface area contributed by atoms with Crippen molar-refractivity contribution in [2.24, 2.45) is 0 Å². The molecule has 0 bridgehead atoms. The van der Waals surface area contributed by atoms with Crippen LogP contribution in [0.1, 0.15) is 5.56 Å². The predicted octanol–water partition coefficient (Wildman–Crippen LogP) is 2.16. The Morgan fingerprint density at radius 1 is 1.47 bits per heavy atom. The average molecular weight is 248 g/mol. The molecule has 17 heavy (non-hydrogen) atoms. The average Bonchev–Trinajstić information content (AvgIpc) is 2.35. The van der Waals surface area contributed by atoms with E-state index in [9.17, 15) is 0 Å². The van der Waals surface area contributed by atoms with Crippen molar-refractivity contribution in [3.8, 4) is 6.07 Å². The summed E-state index contributed by atoms with van der Waals surface area (Å²) in [5.41, 5.74) is 1.86. The van der Waals surface area contributed by atoms with Crippen LogP contribution in [0.25, 0.3) is 10.9 Å². The number of hydrogen-bond donors (Lipinski definition) is 2. The van der Waals surface area contributed by atoms with Gasteiger partial charge < -0.3 is 10.4 Å². The van der Waals surface area contributed by atoms with E-state index in [2.05, 4.69) is 16.4 Å². The number of nitrogens with zero attached hydrogens (tertiary/aromatic N) is 2. The van der Waals surface area contributed by atoms with E-state index >= 15 is 0 Å². The number of nitrogens with one attached hydrogen (secondary N) is 1. The van der Waals surface area contributed by atoms with Crippen LogP contribution in [0.2, 0.25) is 5.02 Å². The Morgan fingerprint density at radius 3 is 3.00 bits per heavy atom. The molecule has 0 spiro atoms. The largest absolute Gasteiger partial charge is 0.395 e. The third-order valence-electron chi connectivity index (χ3n) is 2.36. The van der Waals surface area contributed by atoms with Gasteiger partial charge in [0, 0.05) is 23.2 Å². The number of fused-ring (bicyclic) bond motifs is 1. The molecule has 2 aromatic rings. The van der Waals surface area contributed by atoms with Crippen LogP contribution in [0, 0.1) is 11.3 Å². The molecule has 0 fully saturated rings. The zero-order chi connectivity index (χ0) is 12.3. The molecule has 86 valence electrons. The maximum Gasteiger partial charge on any atom is 0.103 e. The molecule has 0 aliphatic rings. The lowest BCUT2D eigenvalue weighted by atomic mass is 10.1. The zero-order valence-corrected chi connectivity index (χ0v) is 9.70. The Bertz CT molecular complexity index is 592. The van der Waals surface area contributed by atoms with Gasteiger partial charge in [-0.3, -0.25) is 4.98 Å². The van der Waals surface area contributed by atoms with Gasteiger partial charge >= 0.3 is 0 Å². The summed E-state index contributed by atoms with van der Waals surface area (Å²) >= 11 is 5.93. The van der Waals surface area contributed by atoms with Gasteiger partial charge in [-0.05, 0) is 18.2 Å². The van der Waals surface area contributed by atoms with Gasteiger partial charge in [0.15, 0.2) is 0 Å². The van der Waals surface area contributed by atoms with Crippen LogP contribution >= 0.6 is 11.6 Å². The second kappa shape index (κ2) is 5.00. The summed E-state index contributed by atoms with van der Waals surface area (Å²) in [5.74, 6) is 0. The predicted molar refractivity (Wildman–Crippen MR) is 67.0 cm³/mol. The minimum atomic E-state index is -0.00471. The van der Waals surface area contributed by atoms with E-state index in [0.717, 1.165) is 10.9 Å². The Hall–Kier alpha value is -1.83. The van der Waals surface area contributed by atoms with Crippen molar-refractivity contribution in [3.63, 3.8) is 0 Å². The van der Waals surface area contributed by atoms with Gasteiger partial charge in [-0.1, -0.05) is 11.6 Å². The van der Waals surface area contributed by atoms with E-state index < -0.39 is 0 Å². The van der Waals surface area contributed by atoms with E-state index in [1.807, 2.05) is 0 Å². The summed E-state index contributed by atoms with van der Waals surface area (Å²) in [4.78, 5) is 4.18. The monoisotopic (exact) mass is 247 g/mol. The first-order valence-electron chi connectivity index (χ1n) is 5.09. The number of rotatable bonds is 3. The summed E-state index contributed by atoms with van der Waals surface area (Å²) in [6.07, 6.45) is 1.51. The number of halogens is 1. The molecule has 0 saturated carbocycles. The molecular weight excluding hydrogens is 238 g/mol. The van der Waals surface area contributed by atoms with Gasteiger partial charge in [0.05, 0.1) is 23.4 Å². The SMILES string of the molecule is N#Cc1cnc2ccc(Cl)cc2c1NCCO. The highest BCUT2D eigenvalue weighted by Crippen LogP contribution is 2.27. The van der Waals surface area contributed by atoms with E-state index in [1.165, 1.54) is 6.20 Å². The number of aliphatic hydroxyl groups excluding tert-OH is 1. The normalized spacial score (nSPS) is 10.2. The molecule has 0 aliphatic carbocycles. The smallest absolute Gasteiger partial charge is 0.103 e. The topological polar surface area (TPSA) is 68.9 Å². The first kappa shape index (κ1) is 11.6. The number of benzene rings is 1. The van der Waals surface area contributed by atoms with Gasteiger partial charge in [0.2, 0.25) is 0 Å². The van der Waals surface area contributed by atoms with Gasteiger partial charge in [-0.15, -0.1) is 0 Å². The Labute approximate surface area is 103 Å². The van der Waals surface area contributed by atoms with E-state index in [1.54, 1.807) is 18.2 Å². The molecule has 5 heteroatoms. The minimum Gasteiger partial charge on any atom is -0.395 e. The lowest BCUT2D eigenvalue weighted by molar-refractivity contribution is 0.311. The maximum absolute atomic E-state index is 9.02. The maximum atomic E-state index is 9.02. The lowest BCUT2D eigenvalue weighted by Gasteiger charge is -2.10. The quantitative estimate of drug-likeness (QED) is 0.872. The highest BCUT2D eigenvalue weighted by Gasteiger charge is 2.08. The van der Waals surface area contributed by atoms with Crippen LogP contribution in [0.15, 0.2) is 24.4 Å². The molecule has 1 heterocycles. The molecule has 1 aromatic carbocycles. The second-order valence-corrected chi connectivity index (χ2v) is 3.91. The molecule has 0 saturated heterocycles. The number of anilines is 1. The van der Waals surface area contributed by atoms with Crippen molar-refractivity contribution >= 4 is 28.2 Å². The molecule has 0 aliphatic heterocycles. The second-order valence-electron chi connectivity index (χ2n) is 3.47. The number of nitriles is 1. The summed E-state index contributed by atoms with van der Waals surface area (Å²) in [6, 6.07) is 7.36. The van der Waals surface area contributed by atoms with E-state index in [-0.39, 0.29) is 6.61 Å². The van der Waals surface area contributed by atoms with Crippen LogP contribution in [0.4, 0.5) is 5.69 Å². The minimum absolute atomic E-state index is 0.00471. The van der Waals surface area contributed by atoms with Crippen LogP contribution in [0.5, 0.6) is 0 Å². The molecule has 4 nitrogen and oxygen atoms in total. The van der Waals surface area contributed by atoms with Gasteiger partial charge in [0.1, 0.15) is 6.07 Å². The van der Waals surface area contributed by atoms with Crippen LogP contribution in [-0.4, -0.2) is 23.2 Å². The fraction of sp³-hybridized carbons (Fsp3) is 0.167. The van der Waals surface area contributed by atoms with Crippen molar-refractivity contribution in [2.75, 3.05) is 18.5 Å². The third-order valence-corrected chi connectivity index (χ3v) is 2.60. The lowest BCUT2D eigenvalue weighted by Crippen LogP contribution is -2.07. The summed E-state index contributed by atoms with van der Waals surface area (Å²) in [6.45, 7) is 0.371. The van der Waals surface area contributed by atoms with Gasteiger partial charge in [-0.25, -0.2) is 0 Å². The van der Waals surface area contributed by atoms with E-state index in [0.29, 0.717) is 22.8 Å². The van der Waals surface area contributed by atoms with Crippen molar-refractivity contribution in [1.82, 2.24) is 4.98 Å². The van der Waals surface area contributed by atoms with Crippen LogP contribution in [-0.2, 0) is 0 Å². The molecule has 0 unspecified atom stereocenters. The third kappa shape index (κ3) is 2.31. The van der Waals surface area contributed by atoms with Crippen LogP contribution in [0.3, 0.4) is 0 Å². The van der Waals surface area contributed by atoms with Crippen LogP contribution < -0.4 is 5.32 Å². The number of aliphatic hydroxyl groups is 1. The number of hydrogen-bond acceptors (Lipinski definition) is 4. The van der Waals surface area contributed by atoms with Crippen molar-refractivity contribution in [3.05, 3.63) is 35.0 Å². The zero-order valence-electron chi connectivity index (χ0n) is 8.94. The number of aromatic nitrogens is 1. The van der Waals surface area contributed by atoms with Crippen molar-refractivity contribution in [2.45, 2.75) is 0 Å². The van der Waals surface area contributed by atoms with Gasteiger partial charge in [-0.2, -0.15) is 5.26 Å². The van der Waals surface area contributed by atoms with Crippen molar-refractivity contribution < 1.29 is 5.11 Å². The first-order chi connectivity index (χ1) is 8.26. The molecule has 0 radical (unpaired) electrons. The fourth-order valence-electron chi connectivity index (χ4n) is 1.62. The highest BCUT2D eigenvalue weighted by molar-refractivity contribution is 6.31. The summed E-state index contributed by atoms with van der Waals surface area (Å²) < 4.78 is 0.